The molecule has 3 saturated carbocycles. The highest BCUT2D eigenvalue weighted by atomic mass is 16.3. The summed E-state index contributed by atoms with van der Waals surface area (Å²) in [5, 5.41) is 9.36. The first kappa shape index (κ1) is 8.55. The molecule has 3 aliphatic rings. The Bertz CT molecular complexity index is 189. The third kappa shape index (κ3) is 0.834. The average Bonchev–Trinajstić information content (AvgIpc) is 2.07. The van der Waals surface area contributed by atoms with Crippen molar-refractivity contribution >= 4 is 0 Å². The molecule has 0 radical (unpaired) electrons. The zero-order valence-electron chi connectivity index (χ0n) is 8.38. The Morgan fingerprint density at radius 1 is 1.33 bits per heavy atom. The van der Waals surface area contributed by atoms with Gasteiger partial charge in [-0.2, -0.15) is 0 Å². The van der Waals surface area contributed by atoms with Gasteiger partial charge in [0, 0.05) is 6.61 Å². The highest BCUT2D eigenvalue weighted by Gasteiger charge is 2.57. The smallest absolute Gasteiger partial charge is 0.0490 e. The normalized spacial score (nSPS) is 58.0. The van der Waals surface area contributed by atoms with Crippen LogP contribution in [0.1, 0.15) is 33.6 Å². The largest absolute Gasteiger partial charge is 0.396 e. The van der Waals surface area contributed by atoms with E-state index in [0.717, 1.165) is 23.7 Å². The van der Waals surface area contributed by atoms with Crippen molar-refractivity contribution in [3.63, 3.8) is 0 Å². The van der Waals surface area contributed by atoms with Gasteiger partial charge in [-0.15, -0.1) is 0 Å². The van der Waals surface area contributed by atoms with E-state index in [0.29, 0.717) is 6.61 Å². The zero-order chi connectivity index (χ0) is 8.93. The fraction of sp³-hybridized carbons (Fsp3) is 1.00. The van der Waals surface area contributed by atoms with E-state index < -0.39 is 0 Å². The number of rotatable bonds is 1. The van der Waals surface area contributed by atoms with Gasteiger partial charge in [-0.05, 0) is 41.9 Å². The molecule has 1 heteroatoms. The first-order valence-electron chi connectivity index (χ1n) is 5.20. The molecule has 1 nitrogen and oxygen atoms in total. The second-order valence-corrected chi connectivity index (χ2v) is 5.28. The molecule has 3 fully saturated rings. The molecule has 0 saturated heterocycles. The summed E-state index contributed by atoms with van der Waals surface area (Å²) in [7, 11) is 0. The fourth-order valence-corrected chi connectivity index (χ4v) is 3.47. The van der Waals surface area contributed by atoms with Gasteiger partial charge < -0.3 is 5.11 Å². The number of hydrogen-bond donors (Lipinski definition) is 1. The van der Waals surface area contributed by atoms with Gasteiger partial charge in [0.25, 0.3) is 0 Å². The lowest BCUT2D eigenvalue weighted by molar-refractivity contribution is -0.159. The van der Waals surface area contributed by atoms with Crippen LogP contribution in [0.4, 0.5) is 0 Å². The number of fused-ring (bicyclic) bond motifs is 2. The van der Waals surface area contributed by atoms with E-state index in [-0.39, 0.29) is 5.41 Å². The van der Waals surface area contributed by atoms with Gasteiger partial charge in [0.05, 0.1) is 0 Å². The Morgan fingerprint density at radius 2 is 2.00 bits per heavy atom. The van der Waals surface area contributed by atoms with Crippen molar-refractivity contribution in [2.75, 3.05) is 6.61 Å². The summed E-state index contributed by atoms with van der Waals surface area (Å²) in [4.78, 5) is 0. The lowest BCUT2D eigenvalue weighted by atomic mass is 9.43. The van der Waals surface area contributed by atoms with E-state index in [1.165, 1.54) is 12.8 Å². The Kier molecular flexibility index (Phi) is 1.76. The van der Waals surface area contributed by atoms with E-state index in [1.54, 1.807) is 0 Å². The molecule has 2 bridgehead atoms. The van der Waals surface area contributed by atoms with Crippen molar-refractivity contribution in [2.24, 2.45) is 29.1 Å². The highest BCUT2D eigenvalue weighted by molar-refractivity contribution is 5.06. The minimum absolute atomic E-state index is 0.284. The maximum absolute atomic E-state index is 9.36. The van der Waals surface area contributed by atoms with Crippen LogP contribution in [0.2, 0.25) is 0 Å². The molecule has 12 heavy (non-hydrogen) atoms. The Balaban J connectivity index is 2.16. The molecule has 5 unspecified atom stereocenters. The molecule has 0 aromatic rings. The van der Waals surface area contributed by atoms with Crippen molar-refractivity contribution in [1.82, 2.24) is 0 Å². The molecule has 0 heterocycles. The fourth-order valence-electron chi connectivity index (χ4n) is 3.47. The van der Waals surface area contributed by atoms with Crippen LogP contribution in [0.5, 0.6) is 0 Å². The van der Waals surface area contributed by atoms with E-state index in [4.69, 9.17) is 0 Å². The second kappa shape index (κ2) is 2.47. The van der Waals surface area contributed by atoms with Crippen LogP contribution in [0.25, 0.3) is 0 Å². The maximum Gasteiger partial charge on any atom is 0.0490 e. The number of aliphatic hydroxyl groups is 1. The van der Waals surface area contributed by atoms with Gasteiger partial charge in [0.1, 0.15) is 0 Å². The van der Waals surface area contributed by atoms with Crippen LogP contribution in [0.3, 0.4) is 0 Å². The molecule has 70 valence electrons. The summed E-state index contributed by atoms with van der Waals surface area (Å²) >= 11 is 0. The molecule has 0 amide bonds. The van der Waals surface area contributed by atoms with Crippen molar-refractivity contribution in [2.45, 2.75) is 33.6 Å². The molecule has 0 aromatic carbocycles. The summed E-state index contributed by atoms with van der Waals surface area (Å²) in [5.74, 6) is 3.33. The van der Waals surface area contributed by atoms with E-state index >= 15 is 0 Å². The second-order valence-electron chi connectivity index (χ2n) is 5.28. The summed E-state index contributed by atoms with van der Waals surface area (Å²) < 4.78 is 0. The lowest BCUT2D eigenvalue weighted by Crippen LogP contribution is -2.57. The van der Waals surface area contributed by atoms with Crippen molar-refractivity contribution in [3.8, 4) is 0 Å². The van der Waals surface area contributed by atoms with Crippen LogP contribution in [-0.2, 0) is 0 Å². The van der Waals surface area contributed by atoms with Gasteiger partial charge in [0.2, 0.25) is 0 Å². The van der Waals surface area contributed by atoms with Gasteiger partial charge in [-0.3, -0.25) is 0 Å². The van der Waals surface area contributed by atoms with Crippen LogP contribution < -0.4 is 0 Å². The van der Waals surface area contributed by atoms with Gasteiger partial charge in [-0.25, -0.2) is 0 Å². The first-order valence-corrected chi connectivity index (χ1v) is 5.20. The quantitative estimate of drug-likeness (QED) is 0.637. The molecule has 1 N–H and O–H groups in total. The lowest BCUT2D eigenvalue weighted by Gasteiger charge is -2.62. The SMILES string of the molecule is CC1CC2CC(C1C)C2(C)CO. The number of aliphatic hydroxyl groups excluding tert-OH is 1. The van der Waals surface area contributed by atoms with Crippen LogP contribution in [-0.4, -0.2) is 11.7 Å². The van der Waals surface area contributed by atoms with Crippen molar-refractivity contribution < 1.29 is 5.11 Å². The predicted molar refractivity (Wildman–Crippen MR) is 49.7 cm³/mol. The molecule has 0 spiro atoms. The van der Waals surface area contributed by atoms with Gasteiger partial charge >= 0.3 is 0 Å². The minimum Gasteiger partial charge on any atom is -0.396 e. The third-order valence-electron chi connectivity index (χ3n) is 4.85. The molecular formula is C11H20O. The predicted octanol–water partition coefficient (Wildman–Crippen LogP) is 2.30. The standard InChI is InChI=1S/C11H20O/c1-7-4-9-5-10(8(7)2)11(9,3)6-12/h7-10,12H,4-6H2,1-3H3. The van der Waals surface area contributed by atoms with Crippen LogP contribution in [0.15, 0.2) is 0 Å². The molecular weight excluding hydrogens is 148 g/mol. The number of hydrogen-bond acceptors (Lipinski definition) is 1. The third-order valence-corrected chi connectivity index (χ3v) is 4.85. The van der Waals surface area contributed by atoms with Crippen molar-refractivity contribution in [1.29, 1.82) is 0 Å². The van der Waals surface area contributed by atoms with E-state index in [1.807, 2.05) is 0 Å². The minimum atomic E-state index is 0.284. The summed E-state index contributed by atoms with van der Waals surface area (Å²) in [5.41, 5.74) is 0.284. The van der Waals surface area contributed by atoms with Crippen LogP contribution in [0, 0.1) is 29.1 Å². The molecule has 3 rings (SSSR count). The molecule has 5 atom stereocenters. The van der Waals surface area contributed by atoms with Crippen LogP contribution >= 0.6 is 0 Å². The van der Waals surface area contributed by atoms with E-state index in [2.05, 4.69) is 20.8 Å². The van der Waals surface area contributed by atoms with Crippen molar-refractivity contribution in [3.05, 3.63) is 0 Å². The van der Waals surface area contributed by atoms with E-state index in [9.17, 15) is 5.11 Å². The topological polar surface area (TPSA) is 20.2 Å². The summed E-state index contributed by atoms with van der Waals surface area (Å²) in [6.07, 6.45) is 2.72. The first-order chi connectivity index (χ1) is 5.59. The maximum atomic E-state index is 9.36. The Morgan fingerprint density at radius 3 is 2.50 bits per heavy atom. The Labute approximate surface area is 75.2 Å². The van der Waals surface area contributed by atoms with Gasteiger partial charge in [0.15, 0.2) is 0 Å². The monoisotopic (exact) mass is 168 g/mol. The molecule has 0 aliphatic heterocycles. The zero-order valence-corrected chi connectivity index (χ0v) is 8.38. The average molecular weight is 168 g/mol. The summed E-state index contributed by atoms with van der Waals surface area (Å²) in [6.45, 7) is 7.40. The molecule has 3 aliphatic carbocycles. The molecule has 0 aromatic heterocycles. The summed E-state index contributed by atoms with van der Waals surface area (Å²) in [6, 6.07) is 0. The highest BCUT2D eigenvalue weighted by Crippen LogP contribution is 2.62. The van der Waals surface area contributed by atoms with Gasteiger partial charge in [-0.1, -0.05) is 20.8 Å². The Hall–Kier alpha value is -0.0400.